The molecule has 0 saturated heterocycles. The Morgan fingerprint density at radius 1 is 1.16 bits per heavy atom. The van der Waals surface area contributed by atoms with Crippen molar-refractivity contribution in [1.29, 1.82) is 0 Å². The Morgan fingerprint density at radius 2 is 1.89 bits per heavy atom. The molecule has 0 fully saturated rings. The van der Waals surface area contributed by atoms with Crippen molar-refractivity contribution in [2.24, 2.45) is 0 Å². The maximum absolute atomic E-state index is 4.13. The Hall–Kier alpha value is -1.26. The van der Waals surface area contributed by atoms with E-state index in [-0.39, 0.29) is 0 Å². The first kappa shape index (κ1) is 14.2. The van der Waals surface area contributed by atoms with Gasteiger partial charge in [-0.05, 0) is 31.5 Å². The predicted octanol–water partition coefficient (Wildman–Crippen LogP) is 3.38. The van der Waals surface area contributed by atoms with Gasteiger partial charge in [-0.1, -0.05) is 13.8 Å². The van der Waals surface area contributed by atoms with Crippen molar-refractivity contribution in [3.8, 4) is 0 Å². The Bertz CT molecular complexity index is 481. The number of nitrogens with zero attached hydrogens (tertiary/aromatic N) is 2. The van der Waals surface area contributed by atoms with E-state index in [0.29, 0.717) is 6.04 Å². The molecule has 0 aliphatic rings. The molecule has 3 nitrogen and oxygen atoms in total. The third-order valence-electron chi connectivity index (χ3n) is 3.09. The quantitative estimate of drug-likeness (QED) is 0.841. The molecule has 0 aromatic carbocycles. The number of aryl methyl sites for hydroxylation is 1. The number of thiophene rings is 1. The largest absolute Gasteiger partial charge is 0.310 e. The highest BCUT2D eigenvalue weighted by molar-refractivity contribution is 7.11. The van der Waals surface area contributed by atoms with Gasteiger partial charge in [0.1, 0.15) is 6.33 Å². The third kappa shape index (κ3) is 4.11. The lowest BCUT2D eigenvalue weighted by Gasteiger charge is -2.17. The number of aromatic nitrogens is 2. The van der Waals surface area contributed by atoms with Gasteiger partial charge in [0.25, 0.3) is 0 Å². The molecule has 0 aliphatic heterocycles. The molecule has 0 saturated carbocycles. The minimum atomic E-state index is 0.310. The summed E-state index contributed by atoms with van der Waals surface area (Å²) >= 11 is 1.91. The van der Waals surface area contributed by atoms with Crippen LogP contribution in [0.4, 0.5) is 0 Å². The molecule has 1 atom stereocenters. The zero-order valence-electron chi connectivity index (χ0n) is 11.6. The Morgan fingerprint density at radius 3 is 2.53 bits per heavy atom. The lowest BCUT2D eigenvalue weighted by Crippen LogP contribution is -2.24. The average molecular weight is 275 g/mol. The van der Waals surface area contributed by atoms with Crippen LogP contribution in [0.15, 0.2) is 30.9 Å². The van der Waals surface area contributed by atoms with Crippen LogP contribution in [0, 0.1) is 0 Å². The predicted molar refractivity (Wildman–Crippen MR) is 80.5 cm³/mol. The van der Waals surface area contributed by atoms with Gasteiger partial charge in [0.15, 0.2) is 0 Å². The molecule has 0 bridgehead atoms. The molecule has 4 heteroatoms. The van der Waals surface area contributed by atoms with Gasteiger partial charge in [0, 0.05) is 40.2 Å². The average Bonchev–Trinajstić information content (AvgIpc) is 2.92. The molecule has 2 heterocycles. The summed E-state index contributed by atoms with van der Waals surface area (Å²) in [5.41, 5.74) is 1.17. The molecule has 19 heavy (non-hydrogen) atoms. The normalized spacial score (nSPS) is 12.5. The molecule has 102 valence electrons. The maximum atomic E-state index is 4.13. The van der Waals surface area contributed by atoms with Crippen LogP contribution < -0.4 is 5.32 Å². The van der Waals surface area contributed by atoms with E-state index in [4.69, 9.17) is 0 Å². The Balaban J connectivity index is 2.09. The van der Waals surface area contributed by atoms with Crippen molar-refractivity contribution in [2.45, 2.75) is 39.2 Å². The van der Waals surface area contributed by atoms with Crippen LogP contribution in [0.25, 0.3) is 0 Å². The van der Waals surface area contributed by atoms with Gasteiger partial charge in [0.2, 0.25) is 0 Å². The lowest BCUT2D eigenvalue weighted by molar-refractivity contribution is 0.529. The zero-order chi connectivity index (χ0) is 13.5. The van der Waals surface area contributed by atoms with Crippen molar-refractivity contribution in [3.63, 3.8) is 0 Å². The topological polar surface area (TPSA) is 37.8 Å². The fraction of sp³-hybridized carbons (Fsp3) is 0.467. The number of rotatable bonds is 7. The van der Waals surface area contributed by atoms with Crippen LogP contribution in [-0.2, 0) is 12.8 Å². The summed E-state index contributed by atoms with van der Waals surface area (Å²) in [4.78, 5) is 11.1. The van der Waals surface area contributed by atoms with E-state index < -0.39 is 0 Å². The van der Waals surface area contributed by atoms with E-state index in [1.807, 2.05) is 23.7 Å². The second-order valence-electron chi connectivity index (χ2n) is 4.60. The van der Waals surface area contributed by atoms with Crippen molar-refractivity contribution < 1.29 is 0 Å². The van der Waals surface area contributed by atoms with Crippen LogP contribution in [0.1, 0.15) is 41.6 Å². The van der Waals surface area contributed by atoms with Crippen LogP contribution in [0.3, 0.4) is 0 Å². The maximum Gasteiger partial charge on any atom is 0.115 e. The first-order valence-electron chi connectivity index (χ1n) is 6.89. The van der Waals surface area contributed by atoms with Crippen LogP contribution in [0.2, 0.25) is 0 Å². The van der Waals surface area contributed by atoms with Crippen molar-refractivity contribution in [3.05, 3.63) is 46.2 Å². The van der Waals surface area contributed by atoms with Gasteiger partial charge < -0.3 is 5.32 Å². The van der Waals surface area contributed by atoms with E-state index in [0.717, 1.165) is 25.8 Å². The first-order chi connectivity index (χ1) is 9.33. The highest BCUT2D eigenvalue weighted by Crippen LogP contribution is 2.23. The van der Waals surface area contributed by atoms with Gasteiger partial charge in [0.05, 0.1) is 0 Å². The number of hydrogen-bond acceptors (Lipinski definition) is 4. The van der Waals surface area contributed by atoms with Crippen LogP contribution >= 0.6 is 11.3 Å². The fourth-order valence-corrected chi connectivity index (χ4v) is 3.04. The third-order valence-corrected chi connectivity index (χ3v) is 4.35. The van der Waals surface area contributed by atoms with Crippen LogP contribution in [-0.4, -0.2) is 16.5 Å². The van der Waals surface area contributed by atoms with Gasteiger partial charge in [-0.3, -0.25) is 0 Å². The summed E-state index contributed by atoms with van der Waals surface area (Å²) in [6, 6.07) is 4.79. The molecule has 0 amide bonds. The molecule has 1 N–H and O–H groups in total. The summed E-state index contributed by atoms with van der Waals surface area (Å²) in [6.45, 7) is 5.41. The summed E-state index contributed by atoms with van der Waals surface area (Å²) in [5, 5.41) is 3.59. The monoisotopic (exact) mass is 275 g/mol. The summed E-state index contributed by atoms with van der Waals surface area (Å²) in [6.07, 6.45) is 8.67. The number of nitrogens with one attached hydrogen (secondary N) is 1. The highest BCUT2D eigenvalue weighted by atomic mass is 32.1. The molecule has 0 spiro atoms. The fourth-order valence-electron chi connectivity index (χ4n) is 2.04. The van der Waals surface area contributed by atoms with E-state index in [2.05, 4.69) is 41.3 Å². The van der Waals surface area contributed by atoms with E-state index in [1.54, 1.807) is 6.33 Å². The molecule has 0 aliphatic carbocycles. The minimum absolute atomic E-state index is 0.310. The van der Waals surface area contributed by atoms with Crippen molar-refractivity contribution in [2.75, 3.05) is 6.54 Å². The molecular weight excluding hydrogens is 254 g/mol. The Kier molecular flexibility index (Phi) is 5.48. The second-order valence-corrected chi connectivity index (χ2v) is 5.86. The number of hydrogen-bond donors (Lipinski definition) is 1. The molecule has 2 aromatic rings. The highest BCUT2D eigenvalue weighted by Gasteiger charge is 2.13. The Labute approximate surface area is 119 Å². The SMILES string of the molecule is CCCNC(Cc1ccc(CC)s1)c1cncnc1. The van der Waals surface area contributed by atoms with Gasteiger partial charge >= 0.3 is 0 Å². The molecule has 0 radical (unpaired) electrons. The van der Waals surface area contributed by atoms with Crippen LogP contribution in [0.5, 0.6) is 0 Å². The van der Waals surface area contributed by atoms with Crippen molar-refractivity contribution >= 4 is 11.3 Å². The summed E-state index contributed by atoms with van der Waals surface area (Å²) < 4.78 is 0. The first-order valence-corrected chi connectivity index (χ1v) is 7.71. The standard InChI is InChI=1S/C15H21N3S/c1-3-7-18-15(12-9-16-11-17-10-12)8-14-6-5-13(4-2)19-14/h5-6,9-11,15,18H,3-4,7-8H2,1-2H3. The lowest BCUT2D eigenvalue weighted by atomic mass is 10.1. The second kappa shape index (κ2) is 7.36. The smallest absolute Gasteiger partial charge is 0.115 e. The minimum Gasteiger partial charge on any atom is -0.310 e. The zero-order valence-corrected chi connectivity index (χ0v) is 12.4. The molecule has 2 rings (SSSR count). The van der Waals surface area contributed by atoms with E-state index >= 15 is 0 Å². The summed E-state index contributed by atoms with van der Waals surface area (Å²) in [7, 11) is 0. The van der Waals surface area contributed by atoms with Gasteiger partial charge in [-0.25, -0.2) is 9.97 Å². The molecule has 1 unspecified atom stereocenters. The van der Waals surface area contributed by atoms with E-state index in [1.165, 1.54) is 15.3 Å². The summed E-state index contributed by atoms with van der Waals surface area (Å²) in [5.74, 6) is 0. The van der Waals surface area contributed by atoms with Gasteiger partial charge in [-0.15, -0.1) is 11.3 Å². The molecular formula is C15H21N3S. The molecule has 2 aromatic heterocycles. The van der Waals surface area contributed by atoms with E-state index in [9.17, 15) is 0 Å². The van der Waals surface area contributed by atoms with Crippen molar-refractivity contribution in [1.82, 2.24) is 15.3 Å². The van der Waals surface area contributed by atoms with Gasteiger partial charge in [-0.2, -0.15) is 0 Å².